The van der Waals surface area contributed by atoms with E-state index in [4.69, 9.17) is 37.5 Å². The lowest BCUT2D eigenvalue weighted by Gasteiger charge is -2.39. The first kappa shape index (κ1) is 29.4. The minimum absolute atomic E-state index is 0.00276. The summed E-state index contributed by atoms with van der Waals surface area (Å²) >= 11 is 12.2. The first-order valence-electron chi connectivity index (χ1n) is 11.6. The van der Waals surface area contributed by atoms with Crippen molar-refractivity contribution >= 4 is 40.1 Å². The Morgan fingerprint density at radius 2 is 1.77 bits per heavy atom. The van der Waals surface area contributed by atoms with E-state index < -0.39 is 72.2 Å². The van der Waals surface area contributed by atoms with Crippen LogP contribution in [0.25, 0.3) is 22.0 Å². The molecule has 4 rings (SSSR count). The number of nitrogens with zero attached hydrogens (tertiary/aromatic N) is 1. The van der Waals surface area contributed by atoms with E-state index in [1.54, 1.807) is 0 Å². The standard InChI is InChI=1S/C25H24Cl2F3NO8/c1-10(2)37-23(36)18-8-14-15(25(28,29)30)5-11(13-4-3-12(26)7-16(13)27)6-17(14)31(18)39-24-22(35)21(34)20(33)19(9-32)38-24/h3-8,10,19-22,24,32-35H,9H2,1-2H3/t19-,20-,21+,22-,24+/m1/s1. The van der Waals surface area contributed by atoms with Crippen molar-refractivity contribution in [1.29, 1.82) is 0 Å². The van der Waals surface area contributed by atoms with E-state index in [1.165, 1.54) is 38.1 Å². The van der Waals surface area contributed by atoms with Crippen LogP contribution in [0.3, 0.4) is 0 Å². The predicted molar refractivity (Wildman–Crippen MR) is 133 cm³/mol. The van der Waals surface area contributed by atoms with Crippen LogP contribution in [0.4, 0.5) is 13.2 Å². The van der Waals surface area contributed by atoms with Gasteiger partial charge in [0.15, 0.2) is 5.69 Å². The molecule has 1 saturated heterocycles. The third-order valence-electron chi connectivity index (χ3n) is 6.03. The summed E-state index contributed by atoms with van der Waals surface area (Å²) in [6.07, 6.45) is -14.2. The lowest BCUT2D eigenvalue weighted by molar-refractivity contribution is -0.299. The van der Waals surface area contributed by atoms with E-state index >= 15 is 0 Å². The fraction of sp³-hybridized carbons (Fsp3) is 0.400. The zero-order valence-electron chi connectivity index (χ0n) is 20.4. The van der Waals surface area contributed by atoms with E-state index in [9.17, 15) is 38.4 Å². The third-order valence-corrected chi connectivity index (χ3v) is 6.58. The quantitative estimate of drug-likeness (QED) is 0.320. The number of alkyl halides is 3. The second kappa shape index (κ2) is 11.1. The first-order valence-corrected chi connectivity index (χ1v) is 12.4. The number of fused-ring (bicyclic) bond motifs is 1. The number of benzene rings is 2. The van der Waals surface area contributed by atoms with Gasteiger partial charge in [0, 0.05) is 21.0 Å². The lowest BCUT2D eigenvalue weighted by Crippen LogP contribution is -2.61. The van der Waals surface area contributed by atoms with Crippen molar-refractivity contribution in [2.24, 2.45) is 0 Å². The number of halogens is 5. The molecule has 212 valence electrons. The van der Waals surface area contributed by atoms with Gasteiger partial charge < -0.3 is 34.7 Å². The molecule has 0 aliphatic carbocycles. The molecule has 0 radical (unpaired) electrons. The Morgan fingerprint density at radius 3 is 2.36 bits per heavy atom. The second-order valence-corrected chi connectivity index (χ2v) is 10.0. The molecule has 5 atom stereocenters. The molecule has 0 spiro atoms. The van der Waals surface area contributed by atoms with Crippen LogP contribution in [0.1, 0.15) is 29.9 Å². The highest BCUT2D eigenvalue weighted by atomic mass is 35.5. The third kappa shape index (κ3) is 5.82. The number of carbonyl (C=O) groups is 1. The van der Waals surface area contributed by atoms with Crippen molar-refractivity contribution in [3.05, 3.63) is 57.7 Å². The van der Waals surface area contributed by atoms with E-state index in [-0.39, 0.29) is 26.7 Å². The zero-order valence-corrected chi connectivity index (χ0v) is 21.9. The predicted octanol–water partition coefficient (Wildman–Crippen LogP) is 3.43. The number of aliphatic hydroxyl groups is 4. The van der Waals surface area contributed by atoms with Crippen molar-refractivity contribution in [3.8, 4) is 11.1 Å². The summed E-state index contributed by atoms with van der Waals surface area (Å²) in [4.78, 5) is 18.6. The van der Waals surface area contributed by atoms with E-state index in [2.05, 4.69) is 0 Å². The number of hydrogen-bond donors (Lipinski definition) is 4. The highest BCUT2D eigenvalue weighted by molar-refractivity contribution is 6.36. The molecule has 4 N–H and O–H groups in total. The minimum Gasteiger partial charge on any atom is -0.458 e. The van der Waals surface area contributed by atoms with Crippen LogP contribution < -0.4 is 4.84 Å². The SMILES string of the molecule is CC(C)OC(=O)c1cc2c(C(F)(F)F)cc(-c3ccc(Cl)cc3Cl)cc2n1O[C@@H]1O[C@H](CO)[C@@H](O)[C@H](O)[C@H]1O. The topological polar surface area (TPSA) is 131 Å². The van der Waals surface area contributed by atoms with Gasteiger partial charge in [0.2, 0.25) is 0 Å². The van der Waals surface area contributed by atoms with Gasteiger partial charge in [0.1, 0.15) is 24.4 Å². The Balaban J connectivity index is 1.96. The van der Waals surface area contributed by atoms with Gasteiger partial charge >= 0.3 is 12.1 Å². The Kier molecular flexibility index (Phi) is 8.39. The minimum atomic E-state index is -4.89. The summed E-state index contributed by atoms with van der Waals surface area (Å²) in [7, 11) is 0. The fourth-order valence-electron chi connectivity index (χ4n) is 4.18. The molecule has 1 aromatic heterocycles. The van der Waals surface area contributed by atoms with Crippen molar-refractivity contribution in [3.63, 3.8) is 0 Å². The maximum Gasteiger partial charge on any atom is 0.417 e. The molecule has 0 saturated carbocycles. The van der Waals surface area contributed by atoms with Crippen LogP contribution in [0.5, 0.6) is 0 Å². The van der Waals surface area contributed by atoms with Gasteiger partial charge in [-0.2, -0.15) is 17.9 Å². The molecule has 3 aromatic rings. The molecule has 1 fully saturated rings. The monoisotopic (exact) mass is 593 g/mol. The van der Waals surface area contributed by atoms with Gasteiger partial charge in [-0.3, -0.25) is 0 Å². The molecule has 14 heteroatoms. The Morgan fingerprint density at radius 1 is 1.08 bits per heavy atom. The Labute approximate surface area is 229 Å². The number of aromatic nitrogens is 1. The summed E-state index contributed by atoms with van der Waals surface area (Å²) in [5.41, 5.74) is -1.70. The van der Waals surface area contributed by atoms with Crippen molar-refractivity contribution in [1.82, 2.24) is 4.73 Å². The number of esters is 1. The number of aliphatic hydroxyl groups excluding tert-OH is 4. The van der Waals surface area contributed by atoms with Crippen LogP contribution >= 0.6 is 23.2 Å². The van der Waals surface area contributed by atoms with Crippen LogP contribution in [-0.2, 0) is 15.7 Å². The molecular formula is C25H24Cl2F3NO8. The van der Waals surface area contributed by atoms with Gasteiger partial charge in [0.25, 0.3) is 6.29 Å². The van der Waals surface area contributed by atoms with Crippen LogP contribution in [0.15, 0.2) is 36.4 Å². The zero-order chi connectivity index (χ0) is 28.8. The number of carbonyl (C=O) groups excluding carboxylic acids is 1. The lowest BCUT2D eigenvalue weighted by atomic mass is 9.99. The highest BCUT2D eigenvalue weighted by Crippen LogP contribution is 2.41. The summed E-state index contributed by atoms with van der Waals surface area (Å²) in [5.74, 6) is -1.05. The van der Waals surface area contributed by atoms with E-state index in [1.807, 2.05) is 0 Å². The molecule has 1 aliphatic heterocycles. The van der Waals surface area contributed by atoms with Gasteiger partial charge in [-0.1, -0.05) is 29.3 Å². The molecule has 0 bridgehead atoms. The van der Waals surface area contributed by atoms with E-state index in [0.717, 1.165) is 12.1 Å². The average molecular weight is 594 g/mol. The van der Waals surface area contributed by atoms with Crippen molar-refractivity contribution in [2.75, 3.05) is 6.61 Å². The van der Waals surface area contributed by atoms with Crippen LogP contribution in [0.2, 0.25) is 10.0 Å². The summed E-state index contributed by atoms with van der Waals surface area (Å²) < 4.78 is 54.0. The smallest absolute Gasteiger partial charge is 0.417 e. The Hall–Kier alpha value is -2.58. The van der Waals surface area contributed by atoms with Gasteiger partial charge in [-0.25, -0.2) is 4.79 Å². The summed E-state index contributed by atoms with van der Waals surface area (Å²) in [6.45, 7) is 2.28. The van der Waals surface area contributed by atoms with Gasteiger partial charge in [0.05, 0.1) is 23.8 Å². The number of ether oxygens (including phenoxy) is 2. The normalized spacial score (nSPS) is 23.8. The van der Waals surface area contributed by atoms with Crippen LogP contribution in [0, 0.1) is 0 Å². The Bertz CT molecular complexity index is 1380. The van der Waals surface area contributed by atoms with E-state index in [0.29, 0.717) is 4.73 Å². The number of rotatable bonds is 6. The molecular weight excluding hydrogens is 570 g/mol. The molecule has 1 aliphatic rings. The van der Waals surface area contributed by atoms with Crippen molar-refractivity contribution in [2.45, 2.75) is 56.8 Å². The molecule has 9 nitrogen and oxygen atoms in total. The second-order valence-electron chi connectivity index (χ2n) is 9.16. The first-order chi connectivity index (χ1) is 18.2. The summed E-state index contributed by atoms with van der Waals surface area (Å²) in [5, 5.41) is 40.1. The maximum atomic E-state index is 14.3. The fourth-order valence-corrected chi connectivity index (χ4v) is 4.70. The van der Waals surface area contributed by atoms with Gasteiger partial charge in [-0.15, -0.1) is 0 Å². The number of hydrogen-bond acceptors (Lipinski definition) is 8. The van der Waals surface area contributed by atoms with Crippen molar-refractivity contribution < 1.29 is 52.7 Å². The molecule has 0 unspecified atom stereocenters. The van der Waals surface area contributed by atoms with Gasteiger partial charge in [-0.05, 0) is 49.7 Å². The molecule has 0 amide bonds. The van der Waals surface area contributed by atoms with Crippen LogP contribution in [-0.4, -0.2) is 74.5 Å². The largest absolute Gasteiger partial charge is 0.458 e. The average Bonchev–Trinajstić information content (AvgIpc) is 3.21. The highest BCUT2D eigenvalue weighted by Gasteiger charge is 2.46. The maximum absolute atomic E-state index is 14.3. The molecule has 2 heterocycles. The molecule has 39 heavy (non-hydrogen) atoms. The summed E-state index contributed by atoms with van der Waals surface area (Å²) in [6, 6.07) is 7.26. The molecule has 2 aromatic carbocycles.